The second-order valence-corrected chi connectivity index (χ2v) is 5.40. The lowest BCUT2D eigenvalue weighted by Crippen LogP contribution is -2.38. The number of aliphatic hydroxyl groups is 2. The van der Waals surface area contributed by atoms with E-state index in [1.807, 2.05) is 37.3 Å². The molecule has 0 saturated heterocycles. The fourth-order valence-electron chi connectivity index (χ4n) is 2.04. The number of benzene rings is 1. The third kappa shape index (κ3) is 3.06. The zero-order valence-corrected chi connectivity index (χ0v) is 10.3. The highest BCUT2D eigenvalue weighted by Crippen LogP contribution is 2.44. The molecule has 1 aliphatic rings. The Balaban J connectivity index is 1.85. The molecule has 0 bridgehead atoms. The van der Waals surface area contributed by atoms with E-state index in [9.17, 15) is 10.2 Å². The van der Waals surface area contributed by atoms with Crippen LogP contribution in [0.4, 0.5) is 0 Å². The molecule has 0 radical (unpaired) electrons. The van der Waals surface area contributed by atoms with E-state index in [0.717, 1.165) is 24.9 Å². The third-order valence-corrected chi connectivity index (χ3v) is 3.66. The van der Waals surface area contributed by atoms with Crippen molar-refractivity contribution in [3.05, 3.63) is 35.9 Å². The summed E-state index contributed by atoms with van der Waals surface area (Å²) in [6, 6.07) is 9.67. The fraction of sp³-hybridized carbons (Fsp3) is 0.571. The topological polar surface area (TPSA) is 52.5 Å². The summed E-state index contributed by atoms with van der Waals surface area (Å²) in [5, 5.41) is 22.8. The summed E-state index contributed by atoms with van der Waals surface area (Å²) in [6.45, 7) is 3.35. The van der Waals surface area contributed by atoms with Crippen molar-refractivity contribution in [3.8, 4) is 0 Å². The lowest BCUT2D eigenvalue weighted by atomic mass is 9.96. The molecule has 0 aromatic heterocycles. The van der Waals surface area contributed by atoms with Crippen molar-refractivity contribution < 1.29 is 10.2 Å². The Labute approximate surface area is 102 Å². The van der Waals surface area contributed by atoms with Crippen LogP contribution in [0.1, 0.15) is 25.3 Å². The summed E-state index contributed by atoms with van der Waals surface area (Å²) in [6.07, 6.45) is 2.17. The minimum Gasteiger partial charge on any atom is -0.396 e. The van der Waals surface area contributed by atoms with Crippen molar-refractivity contribution in [1.29, 1.82) is 0 Å². The summed E-state index contributed by atoms with van der Waals surface area (Å²) in [5.41, 5.74) is 0.154. The summed E-state index contributed by atoms with van der Waals surface area (Å²) in [7, 11) is 0. The molecule has 1 aromatic rings. The highest BCUT2D eigenvalue weighted by molar-refractivity contribution is 5.21. The van der Waals surface area contributed by atoms with Gasteiger partial charge in [-0.2, -0.15) is 0 Å². The van der Waals surface area contributed by atoms with E-state index < -0.39 is 5.60 Å². The van der Waals surface area contributed by atoms with E-state index >= 15 is 0 Å². The fourth-order valence-corrected chi connectivity index (χ4v) is 2.04. The molecule has 1 saturated carbocycles. The maximum atomic E-state index is 10.4. The molecule has 17 heavy (non-hydrogen) atoms. The molecule has 1 fully saturated rings. The molecule has 1 atom stereocenters. The first-order valence-electron chi connectivity index (χ1n) is 6.18. The number of hydrogen-bond acceptors (Lipinski definition) is 3. The van der Waals surface area contributed by atoms with Crippen LogP contribution in [0.3, 0.4) is 0 Å². The van der Waals surface area contributed by atoms with E-state index in [4.69, 9.17) is 0 Å². The monoisotopic (exact) mass is 235 g/mol. The molecular weight excluding hydrogens is 214 g/mol. The highest BCUT2D eigenvalue weighted by atomic mass is 16.3. The van der Waals surface area contributed by atoms with Crippen molar-refractivity contribution >= 4 is 0 Å². The molecule has 3 heteroatoms. The van der Waals surface area contributed by atoms with Gasteiger partial charge in [0.2, 0.25) is 0 Å². The summed E-state index contributed by atoms with van der Waals surface area (Å²) >= 11 is 0. The van der Waals surface area contributed by atoms with Crippen LogP contribution >= 0.6 is 0 Å². The molecule has 1 aliphatic carbocycles. The van der Waals surface area contributed by atoms with Gasteiger partial charge < -0.3 is 15.5 Å². The first-order chi connectivity index (χ1) is 8.08. The van der Waals surface area contributed by atoms with Crippen molar-refractivity contribution in [2.45, 2.75) is 25.4 Å². The summed E-state index contributed by atoms with van der Waals surface area (Å²) in [4.78, 5) is 0. The number of rotatable bonds is 6. The summed E-state index contributed by atoms with van der Waals surface area (Å²) < 4.78 is 0. The molecule has 94 valence electrons. The van der Waals surface area contributed by atoms with E-state index in [1.165, 1.54) is 0 Å². The van der Waals surface area contributed by atoms with Crippen molar-refractivity contribution in [3.63, 3.8) is 0 Å². The van der Waals surface area contributed by atoms with Crippen LogP contribution in [0, 0.1) is 5.41 Å². The largest absolute Gasteiger partial charge is 0.396 e. The highest BCUT2D eigenvalue weighted by Gasteiger charge is 2.41. The number of hydrogen-bond donors (Lipinski definition) is 3. The Morgan fingerprint density at radius 1 is 1.29 bits per heavy atom. The quantitative estimate of drug-likeness (QED) is 0.695. The molecule has 1 aromatic carbocycles. The van der Waals surface area contributed by atoms with Crippen LogP contribution < -0.4 is 5.32 Å². The average Bonchev–Trinajstić information content (AvgIpc) is 3.11. The van der Waals surface area contributed by atoms with E-state index in [0.29, 0.717) is 6.54 Å². The molecule has 3 nitrogen and oxygen atoms in total. The van der Waals surface area contributed by atoms with Crippen LogP contribution in [0.5, 0.6) is 0 Å². The van der Waals surface area contributed by atoms with Gasteiger partial charge in [0.05, 0.1) is 5.60 Å². The first kappa shape index (κ1) is 12.6. The molecular formula is C14H21NO2. The molecule has 1 unspecified atom stereocenters. The van der Waals surface area contributed by atoms with Crippen molar-refractivity contribution in [1.82, 2.24) is 5.32 Å². The summed E-state index contributed by atoms with van der Waals surface area (Å²) in [5.74, 6) is 0. The average molecular weight is 235 g/mol. The van der Waals surface area contributed by atoms with E-state index in [1.54, 1.807) is 0 Å². The molecule has 0 amide bonds. The SMILES string of the molecule is CC(O)(CNCC1(CO)CC1)c1ccccc1. The smallest absolute Gasteiger partial charge is 0.0992 e. The number of nitrogens with one attached hydrogen (secondary N) is 1. The van der Waals surface area contributed by atoms with Crippen LogP contribution in [0.15, 0.2) is 30.3 Å². The van der Waals surface area contributed by atoms with Gasteiger partial charge in [0, 0.05) is 25.1 Å². The second-order valence-electron chi connectivity index (χ2n) is 5.40. The van der Waals surface area contributed by atoms with Gasteiger partial charge in [-0.15, -0.1) is 0 Å². The first-order valence-corrected chi connectivity index (χ1v) is 6.18. The molecule has 0 aliphatic heterocycles. The lowest BCUT2D eigenvalue weighted by molar-refractivity contribution is 0.0543. The Kier molecular flexibility index (Phi) is 3.52. The molecule has 3 N–H and O–H groups in total. The van der Waals surface area contributed by atoms with Crippen LogP contribution in [0.25, 0.3) is 0 Å². The standard InChI is InChI=1S/C14H21NO2/c1-13(17,12-5-3-2-4-6-12)9-15-10-14(11-16)7-8-14/h2-6,15-17H,7-11H2,1H3. The molecule has 0 spiro atoms. The van der Waals surface area contributed by atoms with Crippen molar-refractivity contribution in [2.75, 3.05) is 19.7 Å². The van der Waals surface area contributed by atoms with E-state index in [-0.39, 0.29) is 12.0 Å². The zero-order valence-electron chi connectivity index (χ0n) is 10.3. The maximum Gasteiger partial charge on any atom is 0.0992 e. The van der Waals surface area contributed by atoms with Crippen LogP contribution in [0.2, 0.25) is 0 Å². The lowest BCUT2D eigenvalue weighted by Gasteiger charge is -2.25. The predicted octanol–water partition coefficient (Wildman–Crippen LogP) is 1.26. The minimum atomic E-state index is -0.854. The van der Waals surface area contributed by atoms with Gasteiger partial charge in [-0.1, -0.05) is 30.3 Å². The Bertz CT molecular complexity index is 358. The van der Waals surface area contributed by atoms with Gasteiger partial charge in [-0.3, -0.25) is 0 Å². The Morgan fingerprint density at radius 3 is 2.47 bits per heavy atom. The van der Waals surface area contributed by atoms with Crippen LogP contribution in [-0.2, 0) is 5.60 Å². The zero-order chi connectivity index (χ0) is 12.4. The second kappa shape index (κ2) is 4.77. The Morgan fingerprint density at radius 2 is 1.94 bits per heavy atom. The van der Waals surface area contributed by atoms with E-state index in [2.05, 4.69) is 5.32 Å². The van der Waals surface area contributed by atoms with Crippen molar-refractivity contribution in [2.24, 2.45) is 5.41 Å². The van der Waals surface area contributed by atoms with Gasteiger partial charge >= 0.3 is 0 Å². The van der Waals surface area contributed by atoms with Gasteiger partial charge in [0.15, 0.2) is 0 Å². The third-order valence-electron chi connectivity index (χ3n) is 3.66. The Hall–Kier alpha value is -0.900. The number of aliphatic hydroxyl groups excluding tert-OH is 1. The minimum absolute atomic E-state index is 0.0900. The van der Waals surface area contributed by atoms with Gasteiger partial charge in [-0.05, 0) is 25.3 Å². The normalized spacial score (nSPS) is 20.9. The van der Waals surface area contributed by atoms with Crippen LogP contribution in [-0.4, -0.2) is 29.9 Å². The maximum absolute atomic E-state index is 10.4. The predicted molar refractivity (Wildman–Crippen MR) is 67.6 cm³/mol. The van der Waals surface area contributed by atoms with Gasteiger partial charge in [0.25, 0.3) is 0 Å². The van der Waals surface area contributed by atoms with Gasteiger partial charge in [0.1, 0.15) is 0 Å². The van der Waals surface area contributed by atoms with Gasteiger partial charge in [-0.25, -0.2) is 0 Å². The molecule has 0 heterocycles. The molecule has 2 rings (SSSR count).